The van der Waals surface area contributed by atoms with Gasteiger partial charge in [-0.3, -0.25) is 0 Å². The fraction of sp³-hybridized carbons (Fsp3) is 0.120. The smallest absolute Gasteiger partial charge is 0.222 e. The van der Waals surface area contributed by atoms with Gasteiger partial charge in [-0.15, -0.1) is 11.3 Å². The Bertz CT molecular complexity index is 1570. The third-order valence-electron chi connectivity index (χ3n) is 5.66. The predicted molar refractivity (Wildman–Crippen MR) is 127 cm³/mol. The molecule has 0 radical (unpaired) electrons. The number of rotatable bonds is 4. The van der Waals surface area contributed by atoms with E-state index in [1.54, 1.807) is 13.3 Å². The molecule has 174 valence electrons. The van der Waals surface area contributed by atoms with Crippen molar-refractivity contribution in [2.75, 3.05) is 13.7 Å². The van der Waals surface area contributed by atoms with Gasteiger partial charge in [0.2, 0.25) is 5.88 Å². The maximum atomic E-state index is 14.5. The Kier molecular flexibility index (Phi) is 5.22. The Morgan fingerprint density at radius 1 is 1.06 bits per heavy atom. The predicted octanol–water partition coefficient (Wildman–Crippen LogP) is 5.34. The Hall–Kier alpha value is -4.18. The molecule has 35 heavy (non-hydrogen) atoms. The topological polar surface area (TPSA) is 75.0 Å². The van der Waals surface area contributed by atoms with E-state index in [0.29, 0.717) is 41.9 Å². The van der Waals surface area contributed by atoms with Crippen LogP contribution in [0.4, 0.5) is 8.78 Å². The lowest BCUT2D eigenvalue weighted by atomic mass is 10.1. The summed E-state index contributed by atoms with van der Waals surface area (Å²) in [6.45, 7) is 0.497. The molecule has 0 N–H and O–H groups in total. The van der Waals surface area contributed by atoms with Crippen LogP contribution >= 0.6 is 11.3 Å². The van der Waals surface area contributed by atoms with Gasteiger partial charge in [-0.05, 0) is 42.5 Å². The Balaban J connectivity index is 1.47. The third kappa shape index (κ3) is 3.71. The van der Waals surface area contributed by atoms with E-state index in [2.05, 4.69) is 15.1 Å². The molecule has 5 aromatic rings. The standard InChI is InChI=1S/C25H17F2N5O2S/c1-33-25-15(3-2-9-28-25)18-5-7-20-23(31-18)16-12-22(35-21(16)8-10-34-20)24-29-13-30-32(24)19-6-4-14(26)11-17(19)27/h2-7,9,11-13H,8,10H2,1H3. The van der Waals surface area contributed by atoms with Gasteiger partial charge < -0.3 is 9.47 Å². The molecule has 0 spiro atoms. The molecule has 7 nitrogen and oxygen atoms in total. The quantitative estimate of drug-likeness (QED) is 0.339. The molecule has 1 aliphatic heterocycles. The molecule has 0 saturated carbocycles. The van der Waals surface area contributed by atoms with E-state index in [-0.39, 0.29) is 5.69 Å². The van der Waals surface area contributed by atoms with E-state index >= 15 is 0 Å². The molecular formula is C25H17F2N5O2S. The molecule has 6 rings (SSSR count). The summed E-state index contributed by atoms with van der Waals surface area (Å²) >= 11 is 1.52. The van der Waals surface area contributed by atoms with E-state index in [1.807, 2.05) is 30.3 Å². The van der Waals surface area contributed by atoms with Crippen molar-refractivity contribution in [3.05, 3.63) is 77.6 Å². The number of benzene rings is 1. The zero-order chi connectivity index (χ0) is 23.9. The number of halogens is 2. The van der Waals surface area contributed by atoms with Crippen LogP contribution in [0.2, 0.25) is 0 Å². The Labute approximate surface area is 202 Å². The summed E-state index contributed by atoms with van der Waals surface area (Å²) in [6, 6.07) is 12.8. The van der Waals surface area contributed by atoms with Crippen LogP contribution in [-0.4, -0.2) is 38.4 Å². The zero-order valence-electron chi connectivity index (χ0n) is 18.4. The van der Waals surface area contributed by atoms with Crippen LogP contribution in [0.5, 0.6) is 11.6 Å². The number of ether oxygens (including phenoxy) is 2. The first-order chi connectivity index (χ1) is 17.1. The van der Waals surface area contributed by atoms with Crippen molar-refractivity contribution in [1.29, 1.82) is 0 Å². The highest BCUT2D eigenvalue weighted by Gasteiger charge is 2.24. The molecule has 5 heterocycles. The average Bonchev–Trinajstić information content (AvgIpc) is 3.48. The molecule has 0 fully saturated rings. The number of aromatic nitrogens is 5. The molecule has 0 amide bonds. The van der Waals surface area contributed by atoms with Gasteiger partial charge >= 0.3 is 0 Å². The number of thiophene rings is 1. The van der Waals surface area contributed by atoms with Crippen LogP contribution in [-0.2, 0) is 6.42 Å². The Morgan fingerprint density at radius 2 is 1.97 bits per heavy atom. The molecule has 4 aromatic heterocycles. The highest BCUT2D eigenvalue weighted by atomic mass is 32.1. The second-order valence-electron chi connectivity index (χ2n) is 7.74. The largest absolute Gasteiger partial charge is 0.491 e. The van der Waals surface area contributed by atoms with Crippen molar-refractivity contribution in [2.24, 2.45) is 0 Å². The Morgan fingerprint density at radius 3 is 2.83 bits per heavy atom. The molecule has 0 unspecified atom stereocenters. The van der Waals surface area contributed by atoms with Crippen molar-refractivity contribution in [3.8, 4) is 50.5 Å². The van der Waals surface area contributed by atoms with Gasteiger partial charge in [-0.2, -0.15) is 5.10 Å². The van der Waals surface area contributed by atoms with Crippen LogP contribution in [0.25, 0.3) is 38.9 Å². The lowest BCUT2D eigenvalue weighted by molar-refractivity contribution is 0.326. The lowest BCUT2D eigenvalue weighted by Gasteiger charge is -2.11. The number of hydrogen-bond donors (Lipinski definition) is 0. The van der Waals surface area contributed by atoms with E-state index in [9.17, 15) is 8.78 Å². The summed E-state index contributed by atoms with van der Waals surface area (Å²) in [4.78, 5) is 15.4. The summed E-state index contributed by atoms with van der Waals surface area (Å²) in [5, 5.41) is 4.18. The van der Waals surface area contributed by atoms with Gasteiger partial charge in [0.05, 0.1) is 29.9 Å². The van der Waals surface area contributed by atoms with E-state index in [4.69, 9.17) is 14.5 Å². The molecule has 0 aliphatic carbocycles. The van der Waals surface area contributed by atoms with Gasteiger partial charge in [0, 0.05) is 29.1 Å². The molecular weight excluding hydrogens is 472 g/mol. The first-order valence-electron chi connectivity index (χ1n) is 10.7. The first kappa shape index (κ1) is 21.4. The van der Waals surface area contributed by atoms with Gasteiger partial charge in [0.15, 0.2) is 11.6 Å². The van der Waals surface area contributed by atoms with Gasteiger partial charge in [-0.25, -0.2) is 28.4 Å². The molecule has 0 bridgehead atoms. The highest BCUT2D eigenvalue weighted by molar-refractivity contribution is 7.16. The number of hydrogen-bond acceptors (Lipinski definition) is 7. The van der Waals surface area contributed by atoms with Crippen LogP contribution in [0, 0.1) is 11.6 Å². The SMILES string of the molecule is COc1ncccc1-c1ccc2c(n1)-c1cc(-c3ncnn3-c3ccc(F)cc3F)sc1CCO2. The third-order valence-corrected chi connectivity index (χ3v) is 6.85. The second kappa shape index (κ2) is 8.55. The number of methoxy groups -OCH3 is 1. The van der Waals surface area contributed by atoms with Crippen molar-refractivity contribution in [1.82, 2.24) is 24.7 Å². The van der Waals surface area contributed by atoms with Crippen LogP contribution < -0.4 is 9.47 Å². The van der Waals surface area contributed by atoms with E-state index in [1.165, 1.54) is 34.5 Å². The van der Waals surface area contributed by atoms with Crippen molar-refractivity contribution in [2.45, 2.75) is 6.42 Å². The monoisotopic (exact) mass is 489 g/mol. The fourth-order valence-corrected chi connectivity index (χ4v) is 5.20. The van der Waals surface area contributed by atoms with E-state index in [0.717, 1.165) is 26.9 Å². The summed E-state index contributed by atoms with van der Waals surface area (Å²) in [5.74, 6) is 0.242. The molecule has 10 heteroatoms. The lowest BCUT2D eigenvalue weighted by Crippen LogP contribution is -2.02. The fourth-order valence-electron chi connectivity index (χ4n) is 4.07. The van der Waals surface area contributed by atoms with Crippen molar-refractivity contribution in [3.63, 3.8) is 0 Å². The number of pyridine rings is 2. The van der Waals surface area contributed by atoms with Gasteiger partial charge in [-0.1, -0.05) is 0 Å². The number of nitrogens with zero attached hydrogens (tertiary/aromatic N) is 5. The average molecular weight is 490 g/mol. The maximum absolute atomic E-state index is 14.5. The van der Waals surface area contributed by atoms with Crippen molar-refractivity contribution < 1.29 is 18.3 Å². The summed E-state index contributed by atoms with van der Waals surface area (Å²) in [7, 11) is 1.57. The summed E-state index contributed by atoms with van der Waals surface area (Å²) < 4.78 is 40.7. The molecule has 0 saturated heterocycles. The second-order valence-corrected chi connectivity index (χ2v) is 8.88. The molecule has 0 atom stereocenters. The summed E-state index contributed by atoms with van der Waals surface area (Å²) in [5.41, 5.74) is 3.20. The van der Waals surface area contributed by atoms with Crippen LogP contribution in [0.1, 0.15) is 4.88 Å². The molecule has 1 aliphatic rings. The summed E-state index contributed by atoms with van der Waals surface area (Å²) in [6.07, 6.45) is 3.70. The highest BCUT2D eigenvalue weighted by Crippen LogP contribution is 2.43. The minimum absolute atomic E-state index is 0.121. The van der Waals surface area contributed by atoms with Crippen molar-refractivity contribution >= 4 is 11.3 Å². The maximum Gasteiger partial charge on any atom is 0.222 e. The minimum Gasteiger partial charge on any atom is -0.491 e. The minimum atomic E-state index is -0.717. The normalized spacial score (nSPS) is 12.4. The van der Waals surface area contributed by atoms with Gasteiger partial charge in [0.25, 0.3) is 0 Å². The van der Waals surface area contributed by atoms with Gasteiger partial charge in [0.1, 0.15) is 29.3 Å². The first-order valence-corrected chi connectivity index (χ1v) is 11.6. The molecule has 1 aromatic carbocycles. The van der Waals surface area contributed by atoms with Crippen LogP contribution in [0.3, 0.4) is 0 Å². The number of fused-ring (bicyclic) bond motifs is 3. The van der Waals surface area contributed by atoms with E-state index < -0.39 is 11.6 Å². The zero-order valence-corrected chi connectivity index (χ0v) is 19.2. The van der Waals surface area contributed by atoms with Crippen LogP contribution in [0.15, 0.2) is 61.1 Å².